The van der Waals surface area contributed by atoms with Crippen LogP contribution in [0.15, 0.2) is 28.0 Å². The van der Waals surface area contributed by atoms with E-state index in [4.69, 9.17) is 0 Å². The molecule has 0 aromatic heterocycles. The molecule has 0 spiro atoms. The quantitative estimate of drug-likeness (QED) is 0.909. The third-order valence-electron chi connectivity index (χ3n) is 3.20. The van der Waals surface area contributed by atoms with Crippen LogP contribution in [0.2, 0.25) is 0 Å². The molecule has 0 unspecified atom stereocenters. The molecule has 1 aliphatic rings. The molecule has 1 aromatic rings. The van der Waals surface area contributed by atoms with Gasteiger partial charge >= 0.3 is 0 Å². The lowest BCUT2D eigenvalue weighted by molar-refractivity contribution is 0.551. The number of hydrogen-bond donors (Lipinski definition) is 1. The van der Waals surface area contributed by atoms with Gasteiger partial charge in [0, 0.05) is 11.4 Å². The van der Waals surface area contributed by atoms with E-state index in [0.29, 0.717) is 17.4 Å². The Bertz CT molecular complexity index is 538. The van der Waals surface area contributed by atoms with Crippen LogP contribution in [-0.2, 0) is 16.4 Å². The molecule has 1 heterocycles. The van der Waals surface area contributed by atoms with Crippen LogP contribution in [0.4, 0.5) is 0 Å². The van der Waals surface area contributed by atoms with Gasteiger partial charge in [0.05, 0.1) is 4.90 Å². The van der Waals surface area contributed by atoms with E-state index in [-0.39, 0.29) is 0 Å². The molecule has 0 bridgehead atoms. The van der Waals surface area contributed by atoms with Gasteiger partial charge in [-0.1, -0.05) is 13.8 Å². The van der Waals surface area contributed by atoms with Crippen molar-refractivity contribution in [2.75, 3.05) is 12.3 Å². The lowest BCUT2D eigenvalue weighted by atomic mass is 10.1. The first-order chi connectivity index (χ1) is 8.99. The fraction of sp³-hybridized carbons (Fsp3) is 0.571. The molecule has 2 rings (SSSR count). The standard InChI is InChI=1S/C14H21NO2S2/c1-11(2)7-8-15-19(16,17)13-5-6-14-12(10-13)4-3-9-18-14/h5-6,10-11,15H,3-4,7-9H2,1-2H3. The maximum Gasteiger partial charge on any atom is 0.240 e. The van der Waals surface area contributed by atoms with Crippen molar-refractivity contribution in [1.82, 2.24) is 4.72 Å². The van der Waals surface area contributed by atoms with Gasteiger partial charge in [0.1, 0.15) is 0 Å². The largest absolute Gasteiger partial charge is 0.240 e. The van der Waals surface area contributed by atoms with Crippen molar-refractivity contribution in [2.24, 2.45) is 5.92 Å². The smallest absolute Gasteiger partial charge is 0.211 e. The van der Waals surface area contributed by atoms with Crippen molar-refractivity contribution < 1.29 is 8.42 Å². The molecule has 0 saturated carbocycles. The molecule has 0 aliphatic carbocycles. The van der Waals surface area contributed by atoms with Gasteiger partial charge in [0.15, 0.2) is 0 Å². The van der Waals surface area contributed by atoms with E-state index < -0.39 is 10.0 Å². The van der Waals surface area contributed by atoms with E-state index in [2.05, 4.69) is 18.6 Å². The zero-order chi connectivity index (χ0) is 13.9. The van der Waals surface area contributed by atoms with Gasteiger partial charge < -0.3 is 0 Å². The van der Waals surface area contributed by atoms with E-state index in [0.717, 1.165) is 25.0 Å². The fourth-order valence-corrected chi connectivity index (χ4v) is 4.19. The highest BCUT2D eigenvalue weighted by atomic mass is 32.2. The monoisotopic (exact) mass is 299 g/mol. The molecule has 19 heavy (non-hydrogen) atoms. The number of sulfonamides is 1. The number of benzene rings is 1. The summed E-state index contributed by atoms with van der Waals surface area (Å²) < 4.78 is 27.0. The second kappa shape index (κ2) is 6.29. The highest BCUT2D eigenvalue weighted by Gasteiger charge is 2.17. The summed E-state index contributed by atoms with van der Waals surface area (Å²) >= 11 is 1.81. The lowest BCUT2D eigenvalue weighted by Gasteiger charge is -2.16. The Kier molecular flexibility index (Phi) is 4.92. The van der Waals surface area contributed by atoms with E-state index >= 15 is 0 Å². The van der Waals surface area contributed by atoms with Gasteiger partial charge in [-0.25, -0.2) is 13.1 Å². The molecule has 1 N–H and O–H groups in total. The van der Waals surface area contributed by atoms with Crippen LogP contribution in [0.1, 0.15) is 32.3 Å². The molecule has 5 heteroatoms. The van der Waals surface area contributed by atoms with E-state index in [1.807, 2.05) is 23.9 Å². The van der Waals surface area contributed by atoms with Gasteiger partial charge in [0.25, 0.3) is 0 Å². The Balaban J connectivity index is 2.12. The molecule has 1 aromatic carbocycles. The van der Waals surface area contributed by atoms with Crippen LogP contribution in [0, 0.1) is 5.92 Å². The number of thioether (sulfide) groups is 1. The maximum absolute atomic E-state index is 12.2. The zero-order valence-corrected chi connectivity index (χ0v) is 13.1. The van der Waals surface area contributed by atoms with E-state index in [1.165, 1.54) is 10.5 Å². The van der Waals surface area contributed by atoms with Gasteiger partial charge in [-0.05, 0) is 54.7 Å². The minimum atomic E-state index is -3.35. The third kappa shape index (κ3) is 3.97. The van der Waals surface area contributed by atoms with Gasteiger partial charge in [-0.3, -0.25) is 0 Å². The SMILES string of the molecule is CC(C)CCNS(=O)(=O)c1ccc2c(c1)CCCS2. The molecular formula is C14H21NO2S2. The van der Waals surface area contributed by atoms with Gasteiger partial charge in [-0.15, -0.1) is 11.8 Å². The summed E-state index contributed by atoms with van der Waals surface area (Å²) in [5, 5.41) is 0. The van der Waals surface area contributed by atoms with E-state index in [1.54, 1.807) is 6.07 Å². The number of nitrogens with one attached hydrogen (secondary N) is 1. The average Bonchev–Trinajstić information content (AvgIpc) is 2.37. The number of hydrogen-bond acceptors (Lipinski definition) is 3. The van der Waals surface area contributed by atoms with Crippen molar-refractivity contribution in [3.05, 3.63) is 23.8 Å². The highest BCUT2D eigenvalue weighted by Crippen LogP contribution is 2.31. The number of rotatable bonds is 5. The molecule has 1 aliphatic heterocycles. The van der Waals surface area contributed by atoms with Crippen LogP contribution in [0.25, 0.3) is 0 Å². The second-order valence-corrected chi connectivity index (χ2v) is 8.21. The topological polar surface area (TPSA) is 46.2 Å². The van der Waals surface area contributed by atoms with Crippen LogP contribution in [-0.4, -0.2) is 20.7 Å². The van der Waals surface area contributed by atoms with Crippen molar-refractivity contribution >= 4 is 21.8 Å². The summed E-state index contributed by atoms with van der Waals surface area (Å²) in [4.78, 5) is 1.63. The summed E-state index contributed by atoms with van der Waals surface area (Å²) in [5.74, 6) is 1.63. The molecule has 0 atom stereocenters. The van der Waals surface area contributed by atoms with Crippen LogP contribution < -0.4 is 4.72 Å². The van der Waals surface area contributed by atoms with Crippen molar-refractivity contribution in [3.8, 4) is 0 Å². The minimum absolute atomic E-state index is 0.400. The fourth-order valence-electron chi connectivity index (χ4n) is 2.07. The Morgan fingerprint density at radius 3 is 2.89 bits per heavy atom. The van der Waals surface area contributed by atoms with Gasteiger partial charge in [0.2, 0.25) is 10.0 Å². The van der Waals surface area contributed by atoms with Crippen molar-refractivity contribution in [3.63, 3.8) is 0 Å². The highest BCUT2D eigenvalue weighted by molar-refractivity contribution is 7.99. The zero-order valence-electron chi connectivity index (χ0n) is 11.5. The predicted octanol–water partition coefficient (Wildman–Crippen LogP) is 3.05. The van der Waals surface area contributed by atoms with Crippen LogP contribution in [0.5, 0.6) is 0 Å². The number of aryl methyl sites for hydroxylation is 1. The Labute approximate surface area is 120 Å². The van der Waals surface area contributed by atoms with Crippen LogP contribution in [0.3, 0.4) is 0 Å². The summed E-state index contributed by atoms with van der Waals surface area (Å²) in [6.45, 7) is 4.68. The van der Waals surface area contributed by atoms with Gasteiger partial charge in [-0.2, -0.15) is 0 Å². The normalized spacial score (nSPS) is 15.5. The molecule has 0 radical (unpaired) electrons. The Hall–Kier alpha value is -0.520. The summed E-state index contributed by atoms with van der Waals surface area (Å²) in [5.41, 5.74) is 1.17. The van der Waals surface area contributed by atoms with Crippen molar-refractivity contribution in [1.29, 1.82) is 0 Å². The summed E-state index contributed by atoms with van der Waals surface area (Å²) in [7, 11) is -3.35. The summed E-state index contributed by atoms with van der Waals surface area (Å²) in [6, 6.07) is 5.49. The number of fused-ring (bicyclic) bond motifs is 1. The molecule has 0 saturated heterocycles. The predicted molar refractivity (Wildman–Crippen MR) is 80.1 cm³/mol. The first kappa shape index (κ1) is 14.9. The Morgan fingerprint density at radius 2 is 2.16 bits per heavy atom. The second-order valence-electron chi connectivity index (χ2n) is 5.30. The molecule has 3 nitrogen and oxygen atoms in total. The molecule has 0 amide bonds. The summed E-state index contributed by atoms with van der Waals surface area (Å²) in [6.07, 6.45) is 2.97. The Morgan fingerprint density at radius 1 is 1.37 bits per heavy atom. The first-order valence-electron chi connectivity index (χ1n) is 6.74. The average molecular weight is 299 g/mol. The molecule has 106 valence electrons. The first-order valence-corrected chi connectivity index (χ1v) is 9.21. The van der Waals surface area contributed by atoms with Crippen molar-refractivity contribution in [2.45, 2.75) is 42.9 Å². The molecule has 0 fully saturated rings. The lowest BCUT2D eigenvalue weighted by Crippen LogP contribution is -2.25. The van der Waals surface area contributed by atoms with E-state index in [9.17, 15) is 8.42 Å². The molecular weight excluding hydrogens is 278 g/mol. The van der Waals surface area contributed by atoms with Crippen LogP contribution >= 0.6 is 11.8 Å². The maximum atomic E-state index is 12.2. The third-order valence-corrected chi connectivity index (χ3v) is 5.86. The minimum Gasteiger partial charge on any atom is -0.211 e.